The summed E-state index contributed by atoms with van der Waals surface area (Å²) in [4.78, 5) is 15.3. The molecule has 0 aliphatic carbocycles. The van der Waals surface area contributed by atoms with Crippen LogP contribution in [0.2, 0.25) is 0 Å². The molecule has 3 rings (SSSR count). The van der Waals surface area contributed by atoms with E-state index in [-0.39, 0.29) is 14.1 Å². The van der Waals surface area contributed by atoms with Crippen molar-refractivity contribution in [3.63, 3.8) is 0 Å². The molecule has 30 heavy (non-hydrogen) atoms. The first-order valence-electron chi connectivity index (χ1n) is 8.46. The molecule has 0 bridgehead atoms. The maximum atomic E-state index is 12.8. The fourth-order valence-electron chi connectivity index (χ4n) is 2.65. The van der Waals surface area contributed by atoms with Crippen LogP contribution < -0.4 is 19.0 Å². The van der Waals surface area contributed by atoms with E-state index in [1.165, 1.54) is 33.5 Å². The Morgan fingerprint density at radius 3 is 2.17 bits per heavy atom. The average Bonchev–Trinajstić information content (AvgIpc) is 3.00. The lowest BCUT2D eigenvalue weighted by Crippen LogP contribution is -2.44. The van der Waals surface area contributed by atoms with Gasteiger partial charge in [-0.25, -0.2) is 13.4 Å². The molecule has 0 radical (unpaired) electrons. The summed E-state index contributed by atoms with van der Waals surface area (Å²) in [6.07, 6.45) is 1.57. The Morgan fingerprint density at radius 2 is 1.63 bits per heavy atom. The van der Waals surface area contributed by atoms with E-state index >= 15 is 0 Å². The summed E-state index contributed by atoms with van der Waals surface area (Å²) in [5.74, 6) is 0.672. The molecule has 11 heteroatoms. The minimum Gasteiger partial charge on any atom is -0.493 e. The largest absolute Gasteiger partial charge is 0.493 e. The first kappa shape index (κ1) is 22.1. The van der Waals surface area contributed by atoms with Crippen molar-refractivity contribution in [3.8, 4) is 17.2 Å². The first-order chi connectivity index (χ1) is 14.3. The molecular formula is C19H18N2O6S3. The number of ether oxygens (including phenoxy) is 3. The zero-order chi connectivity index (χ0) is 21.9. The summed E-state index contributed by atoms with van der Waals surface area (Å²) in [5, 5.41) is 0.839. The lowest BCUT2D eigenvalue weighted by Gasteiger charge is -2.16. The van der Waals surface area contributed by atoms with Crippen molar-refractivity contribution in [1.29, 1.82) is 0 Å². The van der Waals surface area contributed by atoms with Crippen molar-refractivity contribution in [2.75, 3.05) is 21.3 Å². The fourth-order valence-corrected chi connectivity index (χ4v) is 4.99. The minimum absolute atomic E-state index is 0.0210. The van der Waals surface area contributed by atoms with Gasteiger partial charge in [0.15, 0.2) is 15.8 Å². The third kappa shape index (κ3) is 4.43. The van der Waals surface area contributed by atoms with Gasteiger partial charge in [0.25, 0.3) is 15.9 Å². The first-order valence-corrected chi connectivity index (χ1v) is 11.2. The molecule has 0 atom stereocenters. The standard InChI is InChI=1S/C19H18N2O6S3/c1-25-14-9-12(10-15(26-2)17(14)27-3)11-16-18(22)21(19(28)29-16)20-30(23,24)13-7-5-4-6-8-13/h4-11,20H,1-3H3/b16-11+. The Labute approximate surface area is 183 Å². The molecule has 1 fully saturated rings. The Kier molecular flexibility index (Phi) is 6.66. The van der Waals surface area contributed by atoms with Gasteiger partial charge in [-0.3, -0.25) is 4.79 Å². The van der Waals surface area contributed by atoms with Gasteiger partial charge in [-0.05, 0) is 35.9 Å². The number of amides is 1. The summed E-state index contributed by atoms with van der Waals surface area (Å²) in [6, 6.07) is 11.0. The quantitative estimate of drug-likeness (QED) is 0.492. The van der Waals surface area contributed by atoms with Gasteiger partial charge in [0.2, 0.25) is 5.75 Å². The molecule has 1 heterocycles. The van der Waals surface area contributed by atoms with Crippen molar-refractivity contribution in [1.82, 2.24) is 9.84 Å². The van der Waals surface area contributed by atoms with Crippen LogP contribution in [0.1, 0.15) is 5.56 Å². The molecule has 8 nitrogen and oxygen atoms in total. The van der Waals surface area contributed by atoms with E-state index in [0.717, 1.165) is 16.8 Å². The summed E-state index contributed by atoms with van der Waals surface area (Å²) < 4.78 is 41.1. The minimum atomic E-state index is -3.97. The van der Waals surface area contributed by atoms with E-state index in [4.69, 9.17) is 26.4 Å². The summed E-state index contributed by atoms with van der Waals surface area (Å²) in [6.45, 7) is 0. The summed E-state index contributed by atoms with van der Waals surface area (Å²) in [7, 11) is 0.494. The third-order valence-corrected chi connectivity index (χ3v) is 6.66. The van der Waals surface area contributed by atoms with Crippen LogP contribution in [-0.2, 0) is 14.8 Å². The molecule has 2 aromatic carbocycles. The van der Waals surface area contributed by atoms with Crippen LogP contribution in [0.5, 0.6) is 17.2 Å². The number of methoxy groups -OCH3 is 3. The van der Waals surface area contributed by atoms with Crippen LogP contribution in [-0.4, -0.2) is 45.0 Å². The van der Waals surface area contributed by atoms with Gasteiger partial charge < -0.3 is 14.2 Å². The number of sulfonamides is 1. The van der Waals surface area contributed by atoms with Crippen LogP contribution in [0.3, 0.4) is 0 Å². The van der Waals surface area contributed by atoms with Crippen LogP contribution in [0.4, 0.5) is 0 Å². The normalized spacial score (nSPS) is 15.6. The zero-order valence-electron chi connectivity index (χ0n) is 16.2. The second-order valence-electron chi connectivity index (χ2n) is 5.88. The highest BCUT2D eigenvalue weighted by atomic mass is 32.2. The highest BCUT2D eigenvalue weighted by Crippen LogP contribution is 2.40. The second-order valence-corrected chi connectivity index (χ2v) is 9.22. The maximum absolute atomic E-state index is 12.8. The third-order valence-electron chi connectivity index (χ3n) is 4.04. The van der Waals surface area contributed by atoms with E-state index in [0.29, 0.717) is 22.8 Å². The molecule has 2 aromatic rings. The number of thioether (sulfide) groups is 1. The number of nitrogens with one attached hydrogen (secondary N) is 1. The van der Waals surface area contributed by atoms with Crippen molar-refractivity contribution in [2.45, 2.75) is 4.90 Å². The number of rotatable bonds is 7. The van der Waals surface area contributed by atoms with Crippen LogP contribution in [0.25, 0.3) is 6.08 Å². The highest BCUT2D eigenvalue weighted by molar-refractivity contribution is 8.26. The van der Waals surface area contributed by atoms with Gasteiger partial charge in [-0.15, -0.1) is 4.83 Å². The van der Waals surface area contributed by atoms with E-state index in [1.54, 1.807) is 36.4 Å². The monoisotopic (exact) mass is 466 g/mol. The van der Waals surface area contributed by atoms with Gasteiger partial charge >= 0.3 is 0 Å². The molecular weight excluding hydrogens is 448 g/mol. The van der Waals surface area contributed by atoms with E-state index in [2.05, 4.69) is 4.83 Å². The van der Waals surface area contributed by atoms with Gasteiger partial charge in [0, 0.05) is 0 Å². The number of carbonyl (C=O) groups is 1. The molecule has 1 saturated heterocycles. The van der Waals surface area contributed by atoms with Crippen molar-refractivity contribution < 1.29 is 27.4 Å². The Hall–Kier alpha value is -2.60. The molecule has 1 aliphatic rings. The Balaban J connectivity index is 1.90. The van der Waals surface area contributed by atoms with Gasteiger partial charge in [-0.1, -0.05) is 42.2 Å². The number of hydrazine groups is 1. The SMILES string of the molecule is COc1cc(/C=C2/SC(=S)N(NS(=O)(=O)c3ccccc3)C2=O)cc(OC)c1OC. The molecule has 158 valence electrons. The lowest BCUT2D eigenvalue weighted by molar-refractivity contribution is -0.123. The highest BCUT2D eigenvalue weighted by Gasteiger charge is 2.35. The van der Waals surface area contributed by atoms with Crippen molar-refractivity contribution in [2.24, 2.45) is 0 Å². The molecule has 1 N–H and O–H groups in total. The Morgan fingerprint density at radius 1 is 1.03 bits per heavy atom. The molecule has 0 saturated carbocycles. The summed E-state index contributed by atoms with van der Waals surface area (Å²) in [5.41, 5.74) is 0.593. The topological polar surface area (TPSA) is 94.2 Å². The van der Waals surface area contributed by atoms with Gasteiger partial charge in [-0.2, -0.15) is 0 Å². The molecule has 1 aliphatic heterocycles. The maximum Gasteiger partial charge on any atom is 0.281 e. The van der Waals surface area contributed by atoms with E-state index in [9.17, 15) is 13.2 Å². The number of hydrogen-bond acceptors (Lipinski definition) is 8. The number of benzene rings is 2. The van der Waals surface area contributed by atoms with E-state index < -0.39 is 15.9 Å². The van der Waals surface area contributed by atoms with E-state index in [1.807, 2.05) is 0 Å². The van der Waals surface area contributed by atoms with Crippen LogP contribution >= 0.6 is 24.0 Å². The number of nitrogens with zero attached hydrogens (tertiary/aromatic N) is 1. The predicted molar refractivity (Wildman–Crippen MR) is 118 cm³/mol. The Bertz CT molecular complexity index is 1090. The lowest BCUT2D eigenvalue weighted by atomic mass is 10.1. The number of hydrogen-bond donors (Lipinski definition) is 1. The van der Waals surface area contributed by atoms with Gasteiger partial charge in [0.1, 0.15) is 0 Å². The molecule has 0 spiro atoms. The molecule has 0 aromatic heterocycles. The number of thiocarbonyl (C=S) groups is 1. The van der Waals surface area contributed by atoms with Crippen molar-refractivity contribution >= 4 is 50.3 Å². The number of carbonyl (C=O) groups excluding carboxylic acids is 1. The zero-order valence-corrected chi connectivity index (χ0v) is 18.7. The molecule has 0 unspecified atom stereocenters. The van der Waals surface area contributed by atoms with Crippen LogP contribution in [0, 0.1) is 0 Å². The second kappa shape index (κ2) is 9.04. The summed E-state index contributed by atoms with van der Waals surface area (Å²) >= 11 is 6.17. The average molecular weight is 467 g/mol. The van der Waals surface area contributed by atoms with Crippen molar-refractivity contribution in [3.05, 3.63) is 52.9 Å². The fraction of sp³-hybridized carbons (Fsp3) is 0.158. The smallest absolute Gasteiger partial charge is 0.281 e. The predicted octanol–water partition coefficient (Wildman–Crippen LogP) is 2.81. The van der Waals surface area contributed by atoms with Gasteiger partial charge in [0.05, 0.1) is 31.1 Å². The molecule has 1 amide bonds. The van der Waals surface area contributed by atoms with Crippen LogP contribution in [0.15, 0.2) is 52.3 Å².